The molecule has 0 amide bonds. The number of fused-ring (bicyclic) bond motifs is 1. The summed E-state index contributed by atoms with van der Waals surface area (Å²) < 4.78 is 0. The lowest BCUT2D eigenvalue weighted by molar-refractivity contribution is -0.139. The summed E-state index contributed by atoms with van der Waals surface area (Å²) in [7, 11) is 0. The standard InChI is InChI=1S/C15H18O4/c1-2-6-15(9-13(17)18)7-5-10-8-11(16)3-4-12(10)14(15)19/h3-4,8,16H,2,5-7,9H2,1H3,(H,17,18). The Kier molecular flexibility index (Phi) is 3.60. The summed E-state index contributed by atoms with van der Waals surface area (Å²) in [5.74, 6) is -0.866. The van der Waals surface area contributed by atoms with Gasteiger partial charge in [0.05, 0.1) is 6.42 Å². The Morgan fingerprint density at radius 1 is 1.42 bits per heavy atom. The van der Waals surface area contributed by atoms with E-state index < -0.39 is 11.4 Å². The average Bonchev–Trinajstić information content (AvgIpc) is 2.34. The van der Waals surface area contributed by atoms with Gasteiger partial charge in [0.15, 0.2) is 5.78 Å². The van der Waals surface area contributed by atoms with Gasteiger partial charge >= 0.3 is 5.97 Å². The Labute approximate surface area is 112 Å². The van der Waals surface area contributed by atoms with E-state index in [2.05, 4.69) is 0 Å². The van der Waals surface area contributed by atoms with Gasteiger partial charge in [-0.05, 0) is 43.0 Å². The summed E-state index contributed by atoms with van der Waals surface area (Å²) >= 11 is 0. The predicted molar refractivity (Wildman–Crippen MR) is 70.4 cm³/mol. The summed E-state index contributed by atoms with van der Waals surface area (Å²) in [6.45, 7) is 1.96. The van der Waals surface area contributed by atoms with Crippen LogP contribution in [0.1, 0.15) is 48.5 Å². The Morgan fingerprint density at radius 2 is 2.16 bits per heavy atom. The van der Waals surface area contributed by atoms with E-state index in [9.17, 15) is 14.7 Å². The van der Waals surface area contributed by atoms with Crippen LogP contribution >= 0.6 is 0 Å². The fraction of sp³-hybridized carbons (Fsp3) is 0.467. The second-order valence-electron chi connectivity index (χ2n) is 5.27. The van der Waals surface area contributed by atoms with Gasteiger partial charge in [0, 0.05) is 11.0 Å². The summed E-state index contributed by atoms with van der Waals surface area (Å²) in [5.41, 5.74) is 0.616. The number of phenolic OH excluding ortho intramolecular Hbond substituents is 1. The molecule has 0 aliphatic heterocycles. The molecular formula is C15H18O4. The van der Waals surface area contributed by atoms with Crippen molar-refractivity contribution in [2.24, 2.45) is 5.41 Å². The molecular weight excluding hydrogens is 244 g/mol. The molecule has 0 spiro atoms. The lowest BCUT2D eigenvalue weighted by Gasteiger charge is -2.35. The lowest BCUT2D eigenvalue weighted by atomic mass is 9.66. The van der Waals surface area contributed by atoms with Crippen LogP contribution in [0.3, 0.4) is 0 Å². The first-order valence-corrected chi connectivity index (χ1v) is 6.57. The molecule has 4 heteroatoms. The summed E-state index contributed by atoms with van der Waals surface area (Å²) in [6, 6.07) is 4.70. The van der Waals surface area contributed by atoms with Crippen molar-refractivity contribution in [1.29, 1.82) is 0 Å². The van der Waals surface area contributed by atoms with Gasteiger partial charge in [-0.25, -0.2) is 0 Å². The third-order valence-electron chi connectivity index (χ3n) is 3.91. The van der Waals surface area contributed by atoms with Crippen LogP contribution < -0.4 is 0 Å². The van der Waals surface area contributed by atoms with E-state index in [-0.39, 0.29) is 18.0 Å². The Balaban J connectivity index is 2.41. The molecule has 2 N–H and O–H groups in total. The number of rotatable bonds is 4. The van der Waals surface area contributed by atoms with Crippen LogP contribution in [0, 0.1) is 5.41 Å². The smallest absolute Gasteiger partial charge is 0.304 e. The first-order valence-electron chi connectivity index (χ1n) is 6.57. The van der Waals surface area contributed by atoms with Crippen LogP contribution in [0.4, 0.5) is 0 Å². The van der Waals surface area contributed by atoms with Crippen LogP contribution in [0.25, 0.3) is 0 Å². The van der Waals surface area contributed by atoms with Crippen molar-refractivity contribution in [3.63, 3.8) is 0 Å². The molecule has 1 aromatic rings. The van der Waals surface area contributed by atoms with Gasteiger partial charge in [-0.1, -0.05) is 13.3 Å². The number of phenols is 1. The number of carbonyl (C=O) groups excluding carboxylic acids is 1. The minimum absolute atomic E-state index is 0.0852. The van der Waals surface area contributed by atoms with Crippen LogP contribution in [0.5, 0.6) is 5.75 Å². The highest BCUT2D eigenvalue weighted by Gasteiger charge is 2.43. The second-order valence-corrected chi connectivity index (χ2v) is 5.27. The number of carbonyl (C=O) groups is 2. The maximum absolute atomic E-state index is 12.6. The molecule has 1 atom stereocenters. The Morgan fingerprint density at radius 3 is 2.79 bits per heavy atom. The molecule has 1 aromatic carbocycles. The SMILES string of the molecule is CCCC1(CC(=O)O)CCc2cc(O)ccc2C1=O. The number of carboxylic acid groups (broad SMARTS) is 1. The fourth-order valence-corrected chi connectivity index (χ4v) is 3.05. The molecule has 102 valence electrons. The quantitative estimate of drug-likeness (QED) is 0.875. The Bertz CT molecular complexity index is 521. The van der Waals surface area contributed by atoms with Crippen LogP contribution in [0.15, 0.2) is 18.2 Å². The maximum Gasteiger partial charge on any atom is 0.304 e. The molecule has 1 aliphatic rings. The first-order chi connectivity index (χ1) is 8.98. The highest BCUT2D eigenvalue weighted by molar-refractivity contribution is 6.04. The van der Waals surface area contributed by atoms with Crippen molar-refractivity contribution >= 4 is 11.8 Å². The number of aryl methyl sites for hydroxylation is 1. The number of hydrogen-bond donors (Lipinski definition) is 2. The minimum atomic E-state index is -0.927. The normalized spacial score (nSPS) is 22.1. The summed E-state index contributed by atoms with van der Waals surface area (Å²) in [6.07, 6.45) is 2.45. The van der Waals surface area contributed by atoms with Crippen molar-refractivity contribution in [3.8, 4) is 5.75 Å². The molecule has 0 bridgehead atoms. The van der Waals surface area contributed by atoms with Gasteiger partial charge < -0.3 is 10.2 Å². The van der Waals surface area contributed by atoms with Crippen molar-refractivity contribution in [1.82, 2.24) is 0 Å². The molecule has 0 radical (unpaired) electrons. The van der Waals surface area contributed by atoms with Crippen molar-refractivity contribution in [2.75, 3.05) is 0 Å². The topological polar surface area (TPSA) is 74.6 Å². The number of Topliss-reactive ketones (excluding diaryl/α,β-unsaturated/α-hetero) is 1. The first kappa shape index (κ1) is 13.6. The van der Waals surface area contributed by atoms with E-state index in [1.165, 1.54) is 6.07 Å². The third-order valence-corrected chi connectivity index (χ3v) is 3.91. The van der Waals surface area contributed by atoms with Crippen molar-refractivity contribution < 1.29 is 19.8 Å². The molecule has 2 rings (SSSR count). The van der Waals surface area contributed by atoms with Gasteiger partial charge in [0.25, 0.3) is 0 Å². The Hall–Kier alpha value is -1.84. The monoisotopic (exact) mass is 262 g/mol. The third kappa shape index (κ3) is 2.48. The van der Waals surface area contributed by atoms with Crippen LogP contribution in [-0.2, 0) is 11.2 Å². The summed E-state index contributed by atoms with van der Waals surface area (Å²) in [4.78, 5) is 23.7. The molecule has 0 saturated heterocycles. The zero-order valence-electron chi connectivity index (χ0n) is 11.0. The maximum atomic E-state index is 12.6. The van der Waals surface area contributed by atoms with E-state index in [4.69, 9.17) is 5.11 Å². The average molecular weight is 262 g/mol. The number of ketones is 1. The van der Waals surface area contributed by atoms with Gasteiger partial charge in [0.2, 0.25) is 0 Å². The minimum Gasteiger partial charge on any atom is -0.508 e. The number of benzene rings is 1. The second kappa shape index (κ2) is 5.03. The van der Waals surface area contributed by atoms with Crippen molar-refractivity contribution in [2.45, 2.75) is 39.0 Å². The zero-order valence-corrected chi connectivity index (χ0v) is 11.0. The van der Waals surface area contributed by atoms with Gasteiger partial charge in [0.1, 0.15) is 5.75 Å². The molecule has 0 aromatic heterocycles. The number of aromatic hydroxyl groups is 1. The van der Waals surface area contributed by atoms with E-state index in [0.717, 1.165) is 12.0 Å². The van der Waals surface area contributed by atoms with Crippen LogP contribution in [0.2, 0.25) is 0 Å². The predicted octanol–water partition coefficient (Wildman–Crippen LogP) is 2.78. The summed E-state index contributed by atoms with van der Waals surface area (Å²) in [5, 5.41) is 18.5. The molecule has 4 nitrogen and oxygen atoms in total. The molecule has 1 aliphatic carbocycles. The molecule has 19 heavy (non-hydrogen) atoms. The van der Waals surface area contributed by atoms with E-state index in [1.54, 1.807) is 12.1 Å². The van der Waals surface area contributed by atoms with E-state index in [0.29, 0.717) is 24.8 Å². The van der Waals surface area contributed by atoms with E-state index >= 15 is 0 Å². The highest BCUT2D eigenvalue weighted by Crippen LogP contribution is 2.42. The van der Waals surface area contributed by atoms with Crippen molar-refractivity contribution in [3.05, 3.63) is 29.3 Å². The fourth-order valence-electron chi connectivity index (χ4n) is 3.05. The number of carboxylic acids is 1. The van der Waals surface area contributed by atoms with Gasteiger partial charge in [-0.15, -0.1) is 0 Å². The number of hydrogen-bond acceptors (Lipinski definition) is 3. The molecule has 0 fully saturated rings. The van der Waals surface area contributed by atoms with Gasteiger partial charge in [-0.3, -0.25) is 9.59 Å². The molecule has 1 unspecified atom stereocenters. The zero-order chi connectivity index (χ0) is 14.0. The van der Waals surface area contributed by atoms with Gasteiger partial charge in [-0.2, -0.15) is 0 Å². The van der Waals surface area contributed by atoms with Crippen LogP contribution in [-0.4, -0.2) is 22.0 Å². The van der Waals surface area contributed by atoms with E-state index in [1.807, 2.05) is 6.92 Å². The lowest BCUT2D eigenvalue weighted by Crippen LogP contribution is -2.38. The highest BCUT2D eigenvalue weighted by atomic mass is 16.4. The number of aliphatic carboxylic acids is 1. The molecule has 0 saturated carbocycles. The molecule has 0 heterocycles. The largest absolute Gasteiger partial charge is 0.508 e.